The van der Waals surface area contributed by atoms with E-state index in [1.807, 2.05) is 0 Å². The maximum Gasteiger partial charge on any atom is 0.513 e. The standard InChI is InChI=1S/C16H21NO9/c1-4-23-15(20)25-12-7-6-10(11(18)9-17-14(19)22-3)8-13(12)26-16(21)24-5-2/h6-8,11,18H,4-5,9H2,1-3H3,(H,17,19). The summed E-state index contributed by atoms with van der Waals surface area (Å²) in [6, 6.07) is 4.01. The SMILES string of the molecule is CCOC(=O)Oc1ccc(C(O)CNC(=O)OC)cc1OC(=O)OCC. The molecule has 1 amide bonds. The summed E-state index contributed by atoms with van der Waals surface area (Å²) in [5, 5.41) is 12.4. The van der Waals surface area contributed by atoms with E-state index in [1.165, 1.54) is 25.3 Å². The molecule has 0 spiro atoms. The van der Waals surface area contributed by atoms with Gasteiger partial charge in [0.05, 0.1) is 33.0 Å². The number of aliphatic hydroxyl groups is 1. The van der Waals surface area contributed by atoms with Crippen LogP contribution in [0.5, 0.6) is 11.5 Å². The highest BCUT2D eigenvalue weighted by atomic mass is 16.7. The van der Waals surface area contributed by atoms with Crippen LogP contribution in [0.25, 0.3) is 0 Å². The second kappa shape index (κ2) is 10.8. The molecule has 0 heterocycles. The Kier molecular flexibility index (Phi) is 8.71. The minimum atomic E-state index is -1.13. The first-order valence-electron chi connectivity index (χ1n) is 7.74. The number of aliphatic hydroxyl groups excluding tert-OH is 1. The number of carbonyl (C=O) groups excluding carboxylic acids is 3. The van der Waals surface area contributed by atoms with E-state index in [4.69, 9.17) is 9.47 Å². The number of carbonyl (C=O) groups is 3. The lowest BCUT2D eigenvalue weighted by Crippen LogP contribution is -2.28. The van der Waals surface area contributed by atoms with Crippen LogP contribution in [-0.4, -0.2) is 50.4 Å². The van der Waals surface area contributed by atoms with Crippen LogP contribution in [0.1, 0.15) is 25.5 Å². The molecule has 1 aromatic carbocycles. The lowest BCUT2D eigenvalue weighted by atomic mass is 10.1. The first kappa shape index (κ1) is 21.0. The van der Waals surface area contributed by atoms with Crippen molar-refractivity contribution in [3.63, 3.8) is 0 Å². The highest BCUT2D eigenvalue weighted by Gasteiger charge is 2.19. The number of rotatable bonds is 7. The zero-order valence-corrected chi connectivity index (χ0v) is 14.6. The monoisotopic (exact) mass is 371 g/mol. The average molecular weight is 371 g/mol. The third-order valence-electron chi connectivity index (χ3n) is 2.89. The second-order valence-electron chi connectivity index (χ2n) is 4.66. The van der Waals surface area contributed by atoms with E-state index in [-0.39, 0.29) is 36.8 Å². The first-order valence-corrected chi connectivity index (χ1v) is 7.74. The maximum absolute atomic E-state index is 11.6. The fourth-order valence-electron chi connectivity index (χ4n) is 1.74. The fourth-order valence-corrected chi connectivity index (χ4v) is 1.74. The van der Waals surface area contributed by atoms with Crippen molar-refractivity contribution in [1.82, 2.24) is 5.32 Å². The minimum Gasteiger partial charge on any atom is -0.453 e. The molecule has 1 aromatic rings. The summed E-state index contributed by atoms with van der Waals surface area (Å²) in [6.45, 7) is 3.23. The Labute approximate surface area is 149 Å². The lowest BCUT2D eigenvalue weighted by molar-refractivity contribution is 0.0937. The van der Waals surface area contributed by atoms with E-state index in [0.717, 1.165) is 0 Å². The smallest absolute Gasteiger partial charge is 0.453 e. The van der Waals surface area contributed by atoms with Crippen molar-refractivity contribution in [2.75, 3.05) is 26.9 Å². The molecule has 1 atom stereocenters. The number of benzene rings is 1. The van der Waals surface area contributed by atoms with Crippen molar-refractivity contribution in [2.45, 2.75) is 20.0 Å². The number of hydrogen-bond acceptors (Lipinski definition) is 9. The van der Waals surface area contributed by atoms with Gasteiger partial charge in [-0.05, 0) is 31.5 Å². The molecule has 1 unspecified atom stereocenters. The highest BCUT2D eigenvalue weighted by molar-refractivity contribution is 5.69. The van der Waals surface area contributed by atoms with Gasteiger partial charge in [0.1, 0.15) is 0 Å². The summed E-state index contributed by atoms with van der Waals surface area (Å²) < 4.78 is 23.7. The van der Waals surface area contributed by atoms with E-state index in [0.29, 0.717) is 0 Å². The predicted octanol–water partition coefficient (Wildman–Crippen LogP) is 2.15. The summed E-state index contributed by atoms with van der Waals surface area (Å²) in [7, 11) is 1.19. The van der Waals surface area contributed by atoms with Gasteiger partial charge in [-0.2, -0.15) is 0 Å². The van der Waals surface area contributed by atoms with E-state index < -0.39 is 24.5 Å². The van der Waals surface area contributed by atoms with E-state index >= 15 is 0 Å². The molecule has 0 bridgehead atoms. The number of ether oxygens (including phenoxy) is 5. The molecule has 0 saturated carbocycles. The van der Waals surface area contributed by atoms with E-state index in [9.17, 15) is 19.5 Å². The van der Waals surface area contributed by atoms with Gasteiger partial charge >= 0.3 is 18.4 Å². The Balaban J connectivity index is 2.98. The van der Waals surface area contributed by atoms with Crippen molar-refractivity contribution in [1.29, 1.82) is 0 Å². The van der Waals surface area contributed by atoms with Gasteiger partial charge in [0.25, 0.3) is 0 Å². The molecule has 144 valence electrons. The van der Waals surface area contributed by atoms with Crippen molar-refractivity contribution in [2.24, 2.45) is 0 Å². The second-order valence-corrected chi connectivity index (χ2v) is 4.66. The Bertz CT molecular complexity index is 632. The van der Waals surface area contributed by atoms with Gasteiger partial charge in [-0.1, -0.05) is 6.07 Å². The zero-order valence-electron chi connectivity index (χ0n) is 14.6. The fraction of sp³-hybridized carbons (Fsp3) is 0.438. The molecular weight excluding hydrogens is 350 g/mol. The van der Waals surface area contributed by atoms with Crippen LogP contribution in [0, 0.1) is 0 Å². The highest BCUT2D eigenvalue weighted by Crippen LogP contribution is 2.31. The summed E-state index contributed by atoms with van der Waals surface area (Å²) in [5.74, 6) is -0.264. The molecule has 1 rings (SSSR count). The predicted molar refractivity (Wildman–Crippen MR) is 87.1 cm³/mol. The third-order valence-corrected chi connectivity index (χ3v) is 2.89. The third kappa shape index (κ3) is 6.85. The number of alkyl carbamates (subject to hydrolysis) is 1. The number of amides is 1. The van der Waals surface area contributed by atoms with Crippen molar-refractivity contribution < 1.29 is 43.2 Å². The van der Waals surface area contributed by atoms with E-state index in [2.05, 4.69) is 19.5 Å². The van der Waals surface area contributed by atoms with Crippen LogP contribution >= 0.6 is 0 Å². The molecule has 0 aromatic heterocycles. The molecule has 10 heteroatoms. The summed E-state index contributed by atoms with van der Waals surface area (Å²) in [5.41, 5.74) is 0.289. The topological polar surface area (TPSA) is 130 Å². The lowest BCUT2D eigenvalue weighted by Gasteiger charge is -2.15. The molecule has 0 aliphatic carbocycles. The minimum absolute atomic E-state index is 0.0816. The normalized spacial score (nSPS) is 11.1. The molecule has 10 nitrogen and oxygen atoms in total. The molecule has 0 saturated heterocycles. The van der Waals surface area contributed by atoms with Crippen LogP contribution in [-0.2, 0) is 14.2 Å². The number of hydrogen-bond donors (Lipinski definition) is 2. The molecule has 26 heavy (non-hydrogen) atoms. The summed E-state index contributed by atoms with van der Waals surface area (Å²) >= 11 is 0. The van der Waals surface area contributed by atoms with E-state index in [1.54, 1.807) is 13.8 Å². The van der Waals surface area contributed by atoms with Gasteiger partial charge in [0, 0.05) is 0 Å². The van der Waals surface area contributed by atoms with Gasteiger partial charge in [0.15, 0.2) is 11.5 Å². The number of nitrogens with one attached hydrogen (secondary N) is 1. The van der Waals surface area contributed by atoms with Crippen LogP contribution < -0.4 is 14.8 Å². The molecular formula is C16H21NO9. The molecule has 0 fully saturated rings. The Morgan fingerprint density at radius 3 is 2.15 bits per heavy atom. The zero-order chi connectivity index (χ0) is 19.5. The van der Waals surface area contributed by atoms with Gasteiger partial charge in [0.2, 0.25) is 0 Å². The summed E-state index contributed by atoms with van der Waals surface area (Å²) in [6.07, 6.45) is -3.84. The quantitative estimate of drug-likeness (QED) is 0.420. The molecule has 0 aliphatic rings. The Hall–Kier alpha value is -3.01. The van der Waals surface area contributed by atoms with Gasteiger partial charge in [-0.3, -0.25) is 0 Å². The van der Waals surface area contributed by atoms with Crippen LogP contribution in [0.15, 0.2) is 18.2 Å². The van der Waals surface area contributed by atoms with Crippen molar-refractivity contribution in [3.8, 4) is 11.5 Å². The van der Waals surface area contributed by atoms with Crippen LogP contribution in [0.2, 0.25) is 0 Å². The van der Waals surface area contributed by atoms with Gasteiger partial charge in [-0.25, -0.2) is 14.4 Å². The average Bonchev–Trinajstić information content (AvgIpc) is 2.61. The Morgan fingerprint density at radius 1 is 1.04 bits per heavy atom. The van der Waals surface area contributed by atoms with Crippen LogP contribution in [0.4, 0.5) is 14.4 Å². The first-order chi connectivity index (χ1) is 12.4. The molecule has 0 aliphatic heterocycles. The van der Waals surface area contributed by atoms with Crippen molar-refractivity contribution >= 4 is 18.4 Å². The van der Waals surface area contributed by atoms with Crippen molar-refractivity contribution in [3.05, 3.63) is 23.8 Å². The molecule has 2 N–H and O–H groups in total. The van der Waals surface area contributed by atoms with Crippen LogP contribution in [0.3, 0.4) is 0 Å². The molecule has 0 radical (unpaired) electrons. The maximum atomic E-state index is 11.6. The largest absolute Gasteiger partial charge is 0.513 e. The summed E-state index contributed by atoms with van der Waals surface area (Å²) in [4.78, 5) is 34.1. The number of methoxy groups -OCH3 is 1. The van der Waals surface area contributed by atoms with Gasteiger partial charge in [-0.15, -0.1) is 0 Å². The Morgan fingerprint density at radius 2 is 1.62 bits per heavy atom. The van der Waals surface area contributed by atoms with Gasteiger partial charge < -0.3 is 34.1 Å².